The lowest BCUT2D eigenvalue weighted by molar-refractivity contribution is 0.133. The molecular formula is C17H28N2O. The van der Waals surface area contributed by atoms with Crippen LogP contribution in [0.3, 0.4) is 0 Å². The zero-order valence-electron chi connectivity index (χ0n) is 12.9. The molecule has 0 aliphatic heterocycles. The highest BCUT2D eigenvalue weighted by Crippen LogP contribution is 2.33. The summed E-state index contributed by atoms with van der Waals surface area (Å²) in [6, 6.07) is 5.68. The molecule has 3 nitrogen and oxygen atoms in total. The van der Waals surface area contributed by atoms with Gasteiger partial charge < -0.3 is 9.73 Å². The van der Waals surface area contributed by atoms with Gasteiger partial charge in [-0.2, -0.15) is 0 Å². The van der Waals surface area contributed by atoms with Crippen LogP contribution in [0.2, 0.25) is 0 Å². The number of hydrogen-bond acceptors (Lipinski definition) is 3. The van der Waals surface area contributed by atoms with E-state index in [1.807, 2.05) is 6.07 Å². The quantitative estimate of drug-likeness (QED) is 0.749. The third-order valence-corrected chi connectivity index (χ3v) is 4.84. The van der Waals surface area contributed by atoms with Crippen LogP contribution in [-0.4, -0.2) is 30.1 Å². The molecular weight excluding hydrogens is 248 g/mol. The van der Waals surface area contributed by atoms with Gasteiger partial charge in [-0.1, -0.05) is 13.8 Å². The second kappa shape index (κ2) is 5.90. The van der Waals surface area contributed by atoms with E-state index in [1.54, 1.807) is 6.26 Å². The Balaban J connectivity index is 1.58. The van der Waals surface area contributed by atoms with E-state index in [-0.39, 0.29) is 0 Å². The highest BCUT2D eigenvalue weighted by atomic mass is 16.3. The Hall–Kier alpha value is -0.800. The van der Waals surface area contributed by atoms with Crippen LogP contribution in [0.5, 0.6) is 0 Å². The van der Waals surface area contributed by atoms with Gasteiger partial charge in [0, 0.05) is 25.2 Å². The van der Waals surface area contributed by atoms with Crippen molar-refractivity contribution >= 4 is 0 Å². The van der Waals surface area contributed by atoms with Crippen LogP contribution in [0.25, 0.3) is 0 Å². The van der Waals surface area contributed by atoms with Crippen LogP contribution >= 0.6 is 0 Å². The van der Waals surface area contributed by atoms with Gasteiger partial charge in [-0.25, -0.2) is 0 Å². The molecule has 1 atom stereocenters. The molecule has 1 N–H and O–H groups in total. The van der Waals surface area contributed by atoms with Crippen molar-refractivity contribution in [1.29, 1.82) is 0 Å². The predicted octanol–water partition coefficient (Wildman–Crippen LogP) is 3.41. The molecule has 20 heavy (non-hydrogen) atoms. The molecule has 2 aliphatic carbocycles. The minimum Gasteiger partial charge on any atom is -0.468 e. The van der Waals surface area contributed by atoms with E-state index in [0.29, 0.717) is 5.41 Å². The lowest BCUT2D eigenvalue weighted by atomic mass is 9.86. The molecule has 0 saturated heterocycles. The summed E-state index contributed by atoms with van der Waals surface area (Å²) in [5.74, 6) is 1.10. The van der Waals surface area contributed by atoms with E-state index >= 15 is 0 Å². The first kappa shape index (κ1) is 14.2. The Bertz CT molecular complexity index is 409. The van der Waals surface area contributed by atoms with Crippen molar-refractivity contribution in [1.82, 2.24) is 10.2 Å². The van der Waals surface area contributed by atoms with Crippen LogP contribution in [-0.2, 0) is 6.54 Å². The van der Waals surface area contributed by atoms with Crippen LogP contribution in [0.4, 0.5) is 0 Å². The smallest absolute Gasteiger partial charge is 0.117 e. The van der Waals surface area contributed by atoms with Crippen LogP contribution in [0, 0.1) is 5.41 Å². The third-order valence-electron chi connectivity index (χ3n) is 4.84. The molecule has 1 heterocycles. The average Bonchev–Trinajstić information content (AvgIpc) is 3.36. The number of nitrogens with one attached hydrogen (secondary N) is 1. The largest absolute Gasteiger partial charge is 0.468 e. The molecule has 2 saturated carbocycles. The maximum absolute atomic E-state index is 5.54. The Kier molecular flexibility index (Phi) is 4.18. The summed E-state index contributed by atoms with van der Waals surface area (Å²) in [6.07, 6.45) is 8.48. The minimum atomic E-state index is 0.373. The number of furan rings is 1. The van der Waals surface area contributed by atoms with E-state index in [1.165, 1.54) is 38.6 Å². The highest BCUT2D eigenvalue weighted by Gasteiger charge is 2.35. The SMILES string of the molecule is CCC(C)(CNC1CC1)CN(Cc1ccco1)C1CC1. The molecule has 0 amide bonds. The van der Waals surface area contributed by atoms with Crippen molar-refractivity contribution in [2.45, 2.75) is 64.6 Å². The van der Waals surface area contributed by atoms with Crippen molar-refractivity contribution in [2.75, 3.05) is 13.1 Å². The Labute approximate surface area is 122 Å². The Morgan fingerprint density at radius 1 is 1.35 bits per heavy atom. The molecule has 112 valence electrons. The molecule has 1 aromatic heterocycles. The van der Waals surface area contributed by atoms with E-state index in [2.05, 4.69) is 30.1 Å². The maximum atomic E-state index is 5.54. The second-order valence-electron chi connectivity index (χ2n) is 7.03. The topological polar surface area (TPSA) is 28.4 Å². The molecule has 2 aliphatic rings. The predicted molar refractivity (Wildman–Crippen MR) is 81.6 cm³/mol. The summed E-state index contributed by atoms with van der Waals surface area (Å²) in [4.78, 5) is 2.64. The Morgan fingerprint density at radius 3 is 2.70 bits per heavy atom. The molecule has 1 unspecified atom stereocenters. The maximum Gasteiger partial charge on any atom is 0.117 e. The third kappa shape index (κ3) is 3.86. The van der Waals surface area contributed by atoms with Crippen molar-refractivity contribution < 1.29 is 4.42 Å². The summed E-state index contributed by atoms with van der Waals surface area (Å²) < 4.78 is 5.54. The first-order valence-electron chi connectivity index (χ1n) is 8.18. The monoisotopic (exact) mass is 276 g/mol. The molecule has 3 rings (SSSR count). The number of rotatable bonds is 9. The first-order valence-corrected chi connectivity index (χ1v) is 8.18. The van der Waals surface area contributed by atoms with Crippen LogP contribution in [0.1, 0.15) is 51.7 Å². The molecule has 0 radical (unpaired) electrons. The van der Waals surface area contributed by atoms with Crippen LogP contribution < -0.4 is 5.32 Å². The number of hydrogen-bond donors (Lipinski definition) is 1. The molecule has 2 fully saturated rings. The normalized spacial score (nSPS) is 22.1. The molecule has 3 heteroatoms. The van der Waals surface area contributed by atoms with Gasteiger partial charge in [0.25, 0.3) is 0 Å². The van der Waals surface area contributed by atoms with Gasteiger partial charge in [0.15, 0.2) is 0 Å². The lowest BCUT2D eigenvalue weighted by Gasteiger charge is -2.35. The van der Waals surface area contributed by atoms with E-state index < -0.39 is 0 Å². The lowest BCUT2D eigenvalue weighted by Crippen LogP contribution is -2.43. The Morgan fingerprint density at radius 2 is 2.15 bits per heavy atom. The van der Waals surface area contributed by atoms with Crippen molar-refractivity contribution in [2.24, 2.45) is 5.41 Å². The molecule has 0 aromatic carbocycles. The van der Waals surface area contributed by atoms with Gasteiger partial charge in [0.2, 0.25) is 0 Å². The molecule has 1 aromatic rings. The van der Waals surface area contributed by atoms with Gasteiger partial charge in [-0.3, -0.25) is 4.90 Å². The summed E-state index contributed by atoms with van der Waals surface area (Å²) >= 11 is 0. The zero-order valence-corrected chi connectivity index (χ0v) is 12.9. The zero-order chi connectivity index (χ0) is 14.0. The van der Waals surface area contributed by atoms with Gasteiger partial charge >= 0.3 is 0 Å². The fraction of sp³-hybridized carbons (Fsp3) is 0.765. The fourth-order valence-electron chi connectivity index (χ4n) is 2.82. The van der Waals surface area contributed by atoms with E-state index in [4.69, 9.17) is 4.42 Å². The summed E-state index contributed by atoms with van der Waals surface area (Å²) in [6.45, 7) is 8.05. The van der Waals surface area contributed by atoms with Crippen molar-refractivity contribution in [3.63, 3.8) is 0 Å². The number of nitrogens with zero attached hydrogens (tertiary/aromatic N) is 1. The van der Waals surface area contributed by atoms with Gasteiger partial charge in [0.1, 0.15) is 5.76 Å². The fourth-order valence-corrected chi connectivity index (χ4v) is 2.82. The first-order chi connectivity index (χ1) is 9.68. The van der Waals surface area contributed by atoms with Crippen LogP contribution in [0.15, 0.2) is 22.8 Å². The summed E-state index contributed by atoms with van der Waals surface area (Å²) in [7, 11) is 0. The van der Waals surface area contributed by atoms with Crippen molar-refractivity contribution in [3.8, 4) is 0 Å². The highest BCUT2D eigenvalue weighted by molar-refractivity contribution is 5.00. The average molecular weight is 276 g/mol. The second-order valence-corrected chi connectivity index (χ2v) is 7.03. The van der Waals surface area contributed by atoms with E-state index in [9.17, 15) is 0 Å². The molecule has 0 bridgehead atoms. The van der Waals surface area contributed by atoms with Gasteiger partial charge in [-0.05, 0) is 49.7 Å². The minimum absolute atomic E-state index is 0.373. The van der Waals surface area contributed by atoms with Crippen molar-refractivity contribution in [3.05, 3.63) is 24.2 Å². The summed E-state index contributed by atoms with van der Waals surface area (Å²) in [5, 5.41) is 3.72. The van der Waals surface area contributed by atoms with Gasteiger partial charge in [0.05, 0.1) is 12.8 Å². The van der Waals surface area contributed by atoms with Gasteiger partial charge in [-0.15, -0.1) is 0 Å². The molecule has 0 spiro atoms. The van der Waals surface area contributed by atoms with E-state index in [0.717, 1.165) is 30.9 Å². The summed E-state index contributed by atoms with van der Waals surface area (Å²) in [5.41, 5.74) is 0.373. The standard InChI is InChI=1S/C17H28N2O/c1-3-17(2,12-18-14-6-7-14)13-19(15-8-9-15)11-16-5-4-10-20-16/h4-5,10,14-15,18H,3,6-9,11-13H2,1-2H3.